The standard InChI is InChI=1S/C9H6Cl2F2O2/c1-4(14)5-2-3-6(10)8(7(5)11)15-9(12)13/h2-3,9H,1H3. The lowest BCUT2D eigenvalue weighted by molar-refractivity contribution is -0.0497. The average molecular weight is 255 g/mol. The monoisotopic (exact) mass is 254 g/mol. The molecule has 0 atom stereocenters. The van der Waals surface area contributed by atoms with Gasteiger partial charge in [0.05, 0.1) is 10.0 Å². The van der Waals surface area contributed by atoms with Crippen LogP contribution in [-0.2, 0) is 0 Å². The summed E-state index contributed by atoms with van der Waals surface area (Å²) in [5, 5.41) is -0.263. The van der Waals surface area contributed by atoms with E-state index in [1.807, 2.05) is 0 Å². The first-order valence-electron chi connectivity index (χ1n) is 3.87. The smallest absolute Gasteiger partial charge is 0.387 e. The lowest BCUT2D eigenvalue weighted by Crippen LogP contribution is -2.05. The lowest BCUT2D eigenvalue weighted by Gasteiger charge is -2.10. The van der Waals surface area contributed by atoms with Crippen LogP contribution in [0.25, 0.3) is 0 Å². The normalized spacial score (nSPS) is 10.5. The van der Waals surface area contributed by atoms with Crippen LogP contribution in [0.4, 0.5) is 8.78 Å². The summed E-state index contributed by atoms with van der Waals surface area (Å²) in [6.07, 6.45) is 0. The van der Waals surface area contributed by atoms with E-state index >= 15 is 0 Å². The van der Waals surface area contributed by atoms with Crippen LogP contribution in [0.5, 0.6) is 5.75 Å². The number of hydrogen-bond donors (Lipinski definition) is 0. The first kappa shape index (κ1) is 12.2. The highest BCUT2D eigenvalue weighted by molar-refractivity contribution is 6.39. The van der Waals surface area contributed by atoms with Crippen LogP contribution in [0.15, 0.2) is 12.1 Å². The van der Waals surface area contributed by atoms with Crippen LogP contribution in [-0.4, -0.2) is 12.4 Å². The molecule has 0 aliphatic carbocycles. The zero-order valence-corrected chi connectivity index (χ0v) is 9.07. The molecule has 6 heteroatoms. The number of alkyl halides is 2. The Kier molecular flexibility index (Phi) is 3.88. The quantitative estimate of drug-likeness (QED) is 0.768. The molecule has 0 aromatic heterocycles. The van der Waals surface area contributed by atoms with Gasteiger partial charge in [0.2, 0.25) is 0 Å². The Morgan fingerprint density at radius 2 is 2.00 bits per heavy atom. The van der Waals surface area contributed by atoms with Crippen molar-refractivity contribution in [2.45, 2.75) is 13.5 Å². The predicted octanol–water partition coefficient (Wildman–Crippen LogP) is 3.80. The van der Waals surface area contributed by atoms with Crippen LogP contribution < -0.4 is 4.74 Å². The molecule has 0 aliphatic heterocycles. The predicted molar refractivity (Wildman–Crippen MR) is 53.1 cm³/mol. The molecule has 0 saturated carbocycles. The van der Waals surface area contributed by atoms with Gasteiger partial charge in [0.15, 0.2) is 11.5 Å². The summed E-state index contributed by atoms with van der Waals surface area (Å²) in [4.78, 5) is 11.0. The zero-order chi connectivity index (χ0) is 11.6. The fourth-order valence-electron chi connectivity index (χ4n) is 1.00. The molecule has 0 unspecified atom stereocenters. The molecule has 0 heterocycles. The number of carbonyl (C=O) groups is 1. The van der Waals surface area contributed by atoms with Crippen molar-refractivity contribution in [3.8, 4) is 5.75 Å². The molecule has 0 bridgehead atoms. The van der Waals surface area contributed by atoms with Gasteiger partial charge in [-0.05, 0) is 19.1 Å². The van der Waals surface area contributed by atoms with Gasteiger partial charge in [0, 0.05) is 5.56 Å². The van der Waals surface area contributed by atoms with Gasteiger partial charge in [-0.15, -0.1) is 0 Å². The number of carbonyl (C=O) groups excluding carboxylic acids is 1. The van der Waals surface area contributed by atoms with Gasteiger partial charge >= 0.3 is 6.61 Å². The molecule has 0 spiro atoms. The Hall–Kier alpha value is -0.870. The Labute approximate surface area is 94.7 Å². The van der Waals surface area contributed by atoms with Crippen molar-refractivity contribution >= 4 is 29.0 Å². The van der Waals surface area contributed by atoms with Gasteiger partial charge in [0.1, 0.15) is 0 Å². The minimum absolute atomic E-state index is 0.0645. The maximum absolute atomic E-state index is 12.0. The lowest BCUT2D eigenvalue weighted by atomic mass is 10.1. The first-order chi connectivity index (χ1) is 6.93. The molecule has 1 rings (SSSR count). The van der Waals surface area contributed by atoms with E-state index in [2.05, 4.69) is 4.74 Å². The third kappa shape index (κ3) is 2.79. The minimum atomic E-state index is -3.04. The van der Waals surface area contributed by atoms with E-state index in [1.165, 1.54) is 19.1 Å². The minimum Gasteiger partial charge on any atom is -0.432 e. The molecule has 0 aliphatic rings. The van der Waals surface area contributed by atoms with Crippen molar-refractivity contribution in [3.63, 3.8) is 0 Å². The molecule has 0 saturated heterocycles. The van der Waals surface area contributed by atoms with Crippen molar-refractivity contribution in [2.24, 2.45) is 0 Å². The molecule has 1 aromatic rings. The van der Waals surface area contributed by atoms with Crippen LogP contribution in [0.1, 0.15) is 17.3 Å². The van der Waals surface area contributed by atoms with Crippen LogP contribution in [0.2, 0.25) is 10.0 Å². The molecule has 0 fully saturated rings. The number of ketones is 1. The van der Waals surface area contributed by atoms with Crippen molar-refractivity contribution in [1.29, 1.82) is 0 Å². The molecule has 0 radical (unpaired) electrons. The van der Waals surface area contributed by atoms with Crippen molar-refractivity contribution < 1.29 is 18.3 Å². The van der Waals surface area contributed by atoms with E-state index in [4.69, 9.17) is 23.2 Å². The molecule has 0 N–H and O–H groups in total. The van der Waals surface area contributed by atoms with Crippen LogP contribution in [0, 0.1) is 0 Å². The SMILES string of the molecule is CC(=O)c1ccc(Cl)c(OC(F)F)c1Cl. The number of Topliss-reactive ketones (excluding diaryl/α,β-unsaturated/α-hetero) is 1. The third-order valence-electron chi connectivity index (χ3n) is 1.64. The summed E-state index contributed by atoms with van der Waals surface area (Å²) in [5.74, 6) is -0.725. The molecule has 0 amide bonds. The number of halogens is 4. The Morgan fingerprint density at radius 3 is 2.47 bits per heavy atom. The second-order valence-corrected chi connectivity index (χ2v) is 3.46. The van der Waals surface area contributed by atoms with E-state index < -0.39 is 6.61 Å². The van der Waals surface area contributed by atoms with Crippen molar-refractivity contribution in [2.75, 3.05) is 0 Å². The van der Waals surface area contributed by atoms with Gasteiger partial charge in [-0.3, -0.25) is 4.79 Å². The van der Waals surface area contributed by atoms with E-state index in [9.17, 15) is 13.6 Å². The van der Waals surface area contributed by atoms with Gasteiger partial charge in [-0.25, -0.2) is 0 Å². The summed E-state index contributed by atoms with van der Waals surface area (Å²) < 4.78 is 28.1. The largest absolute Gasteiger partial charge is 0.432 e. The van der Waals surface area contributed by atoms with Crippen LogP contribution in [0.3, 0.4) is 0 Å². The second kappa shape index (κ2) is 4.77. The maximum atomic E-state index is 12.0. The Bertz CT molecular complexity index is 394. The number of ether oxygens (including phenoxy) is 1. The van der Waals surface area contributed by atoms with Crippen molar-refractivity contribution in [1.82, 2.24) is 0 Å². The molecule has 2 nitrogen and oxygen atoms in total. The summed E-state index contributed by atoms with van der Waals surface area (Å²) >= 11 is 11.3. The fourth-order valence-corrected chi connectivity index (χ4v) is 1.59. The van der Waals surface area contributed by atoms with E-state index in [-0.39, 0.29) is 27.1 Å². The molecular weight excluding hydrogens is 249 g/mol. The average Bonchev–Trinajstić information content (AvgIpc) is 2.11. The third-order valence-corrected chi connectivity index (χ3v) is 2.31. The van der Waals surface area contributed by atoms with Gasteiger partial charge in [-0.1, -0.05) is 23.2 Å². The van der Waals surface area contributed by atoms with Crippen LogP contribution >= 0.6 is 23.2 Å². The van der Waals surface area contributed by atoms with Gasteiger partial charge in [0.25, 0.3) is 0 Å². The highest BCUT2D eigenvalue weighted by Gasteiger charge is 2.17. The summed E-state index contributed by atoms with van der Waals surface area (Å²) in [6, 6.07) is 2.63. The zero-order valence-electron chi connectivity index (χ0n) is 7.56. The number of hydrogen-bond acceptors (Lipinski definition) is 2. The fraction of sp³-hybridized carbons (Fsp3) is 0.222. The molecule has 1 aromatic carbocycles. The Morgan fingerprint density at radius 1 is 1.40 bits per heavy atom. The number of benzene rings is 1. The summed E-state index contributed by atoms with van der Waals surface area (Å²) in [6.45, 7) is -1.77. The molecule has 15 heavy (non-hydrogen) atoms. The highest BCUT2D eigenvalue weighted by atomic mass is 35.5. The van der Waals surface area contributed by atoms with Crippen molar-refractivity contribution in [3.05, 3.63) is 27.7 Å². The Balaban J connectivity index is 3.24. The topological polar surface area (TPSA) is 26.3 Å². The first-order valence-corrected chi connectivity index (χ1v) is 4.62. The second-order valence-electron chi connectivity index (χ2n) is 2.67. The number of rotatable bonds is 3. The molecular formula is C9H6Cl2F2O2. The maximum Gasteiger partial charge on any atom is 0.387 e. The highest BCUT2D eigenvalue weighted by Crippen LogP contribution is 2.36. The van der Waals surface area contributed by atoms with Gasteiger partial charge in [-0.2, -0.15) is 8.78 Å². The molecule has 82 valence electrons. The van der Waals surface area contributed by atoms with E-state index in [0.717, 1.165) is 0 Å². The summed E-state index contributed by atoms with van der Waals surface area (Å²) in [5.41, 5.74) is 0.0942. The van der Waals surface area contributed by atoms with E-state index in [0.29, 0.717) is 0 Å². The van der Waals surface area contributed by atoms with E-state index in [1.54, 1.807) is 0 Å². The van der Waals surface area contributed by atoms with Gasteiger partial charge < -0.3 is 4.74 Å². The summed E-state index contributed by atoms with van der Waals surface area (Å²) in [7, 11) is 0.